The summed E-state index contributed by atoms with van der Waals surface area (Å²) in [5.74, 6) is -0.0907. The van der Waals surface area contributed by atoms with Crippen molar-refractivity contribution < 1.29 is 19.1 Å². The maximum absolute atomic E-state index is 12.2. The van der Waals surface area contributed by atoms with E-state index in [2.05, 4.69) is 5.32 Å². The number of thiocarbonyl (C=S) groups is 1. The van der Waals surface area contributed by atoms with Crippen LogP contribution in [0.3, 0.4) is 0 Å². The molecular formula is C15H17NO4S2. The highest BCUT2D eigenvalue weighted by Gasteiger charge is 2.23. The summed E-state index contributed by atoms with van der Waals surface area (Å²) in [5, 5.41) is 2.85. The van der Waals surface area contributed by atoms with E-state index in [0.29, 0.717) is 22.9 Å². The lowest BCUT2D eigenvalue weighted by Crippen LogP contribution is -2.45. The monoisotopic (exact) mass is 339 g/mol. The highest BCUT2D eigenvalue weighted by molar-refractivity contribution is 8.15. The number of hydrogen-bond acceptors (Lipinski definition) is 6. The fourth-order valence-electron chi connectivity index (χ4n) is 1.99. The Morgan fingerprint density at radius 2 is 2.27 bits per heavy atom. The molecule has 22 heavy (non-hydrogen) atoms. The molecule has 0 saturated heterocycles. The molecule has 1 heterocycles. The van der Waals surface area contributed by atoms with Gasteiger partial charge in [0.15, 0.2) is 0 Å². The Morgan fingerprint density at radius 3 is 3.05 bits per heavy atom. The lowest BCUT2D eigenvalue weighted by Gasteiger charge is -2.18. The van der Waals surface area contributed by atoms with Crippen LogP contribution in [0.4, 0.5) is 0 Å². The smallest absolute Gasteiger partial charge is 0.330 e. The summed E-state index contributed by atoms with van der Waals surface area (Å²) >= 11 is 6.30. The van der Waals surface area contributed by atoms with Crippen LogP contribution in [0.15, 0.2) is 24.3 Å². The largest absolute Gasteiger partial charge is 0.464 e. The average molecular weight is 339 g/mol. The molecule has 5 nitrogen and oxygen atoms in total. The fourth-order valence-corrected chi connectivity index (χ4v) is 3.01. The first-order valence-corrected chi connectivity index (χ1v) is 8.30. The minimum absolute atomic E-state index is 0.0575. The van der Waals surface area contributed by atoms with Crippen LogP contribution in [0, 0.1) is 0 Å². The average Bonchev–Trinajstić information content (AvgIpc) is 2.54. The van der Waals surface area contributed by atoms with Crippen molar-refractivity contribution in [2.45, 2.75) is 19.6 Å². The van der Waals surface area contributed by atoms with Gasteiger partial charge in [0.05, 0.1) is 30.6 Å². The van der Waals surface area contributed by atoms with Crippen molar-refractivity contribution in [3.05, 3.63) is 35.4 Å². The van der Waals surface area contributed by atoms with Crippen molar-refractivity contribution in [1.82, 2.24) is 5.32 Å². The van der Waals surface area contributed by atoms with Crippen LogP contribution >= 0.6 is 24.0 Å². The third-order valence-electron chi connectivity index (χ3n) is 3.02. The molecule has 1 aromatic carbocycles. The molecule has 2 rings (SSSR count). The predicted molar refractivity (Wildman–Crippen MR) is 89.0 cm³/mol. The third kappa shape index (κ3) is 4.53. The summed E-state index contributed by atoms with van der Waals surface area (Å²) in [6.45, 7) is 2.42. The van der Waals surface area contributed by atoms with Gasteiger partial charge in [0.1, 0.15) is 6.04 Å². The number of carbonyl (C=O) groups excluding carboxylic acids is 2. The Hall–Kier alpha value is -1.44. The first-order valence-electron chi connectivity index (χ1n) is 6.90. The zero-order valence-electron chi connectivity index (χ0n) is 12.2. The van der Waals surface area contributed by atoms with E-state index >= 15 is 0 Å². The topological polar surface area (TPSA) is 64.6 Å². The molecular weight excluding hydrogens is 322 g/mol. The molecule has 118 valence electrons. The van der Waals surface area contributed by atoms with Crippen LogP contribution < -0.4 is 5.32 Å². The molecule has 1 aromatic rings. The number of nitrogens with one attached hydrogen (secondary N) is 1. The van der Waals surface area contributed by atoms with Gasteiger partial charge in [-0.3, -0.25) is 4.79 Å². The van der Waals surface area contributed by atoms with E-state index < -0.39 is 12.0 Å². The van der Waals surface area contributed by atoms with E-state index in [9.17, 15) is 9.59 Å². The number of ether oxygens (including phenoxy) is 2. The summed E-state index contributed by atoms with van der Waals surface area (Å²) in [7, 11) is 0. The van der Waals surface area contributed by atoms with Gasteiger partial charge in [-0.05, 0) is 12.5 Å². The zero-order chi connectivity index (χ0) is 15.9. The molecule has 1 aliphatic heterocycles. The lowest BCUT2D eigenvalue weighted by molar-refractivity contribution is -0.146. The molecule has 0 aromatic heterocycles. The molecule has 0 spiro atoms. The van der Waals surface area contributed by atoms with Crippen LogP contribution in [0.1, 0.15) is 22.8 Å². The van der Waals surface area contributed by atoms with E-state index in [4.69, 9.17) is 21.7 Å². The highest BCUT2D eigenvalue weighted by atomic mass is 32.2. The van der Waals surface area contributed by atoms with Crippen molar-refractivity contribution in [1.29, 1.82) is 0 Å². The van der Waals surface area contributed by atoms with Crippen molar-refractivity contribution in [3.63, 3.8) is 0 Å². The number of hydrogen-bond donors (Lipinski definition) is 1. The summed E-state index contributed by atoms with van der Waals surface area (Å²) in [5.41, 5.74) is 1.42. The second-order valence-corrected chi connectivity index (χ2v) is 6.06. The Morgan fingerprint density at radius 1 is 1.50 bits per heavy atom. The van der Waals surface area contributed by atoms with E-state index in [1.165, 1.54) is 0 Å². The first-order chi connectivity index (χ1) is 10.6. The van der Waals surface area contributed by atoms with Gasteiger partial charge in [0.25, 0.3) is 0 Å². The lowest BCUT2D eigenvalue weighted by atomic mass is 10.1. The second-order valence-electron chi connectivity index (χ2n) is 4.62. The molecule has 0 fully saturated rings. The fraction of sp³-hybridized carbons (Fsp3) is 0.400. The normalized spacial score (nSPS) is 19.6. The van der Waals surface area contributed by atoms with Crippen molar-refractivity contribution >= 4 is 40.1 Å². The van der Waals surface area contributed by atoms with Gasteiger partial charge >= 0.3 is 5.97 Å². The summed E-state index contributed by atoms with van der Waals surface area (Å²) < 4.78 is 10.6. The highest BCUT2D eigenvalue weighted by Crippen LogP contribution is 2.18. The van der Waals surface area contributed by atoms with E-state index in [1.807, 2.05) is 18.2 Å². The maximum Gasteiger partial charge on any atom is 0.330 e. The molecule has 1 atom stereocenters. The van der Waals surface area contributed by atoms with Gasteiger partial charge in [0, 0.05) is 5.56 Å². The van der Waals surface area contributed by atoms with Gasteiger partial charge in [-0.1, -0.05) is 48.2 Å². The van der Waals surface area contributed by atoms with Gasteiger partial charge in [0.2, 0.25) is 5.12 Å². The minimum atomic E-state index is -0.659. The maximum atomic E-state index is 12.2. The van der Waals surface area contributed by atoms with E-state index in [1.54, 1.807) is 13.0 Å². The summed E-state index contributed by atoms with van der Waals surface area (Å²) in [6.07, 6.45) is 0. The standard InChI is InChI=1S/C15H17NO4S2/c1-2-20-14(17)12-8-19-7-10-5-3-4-6-11(10)15(18)22-9-13(21)16-12/h3-6,12H,2,7-9H2,1H3,(H,16,21). The summed E-state index contributed by atoms with van der Waals surface area (Å²) in [6, 6.07) is 6.62. The second kappa shape index (κ2) is 8.26. The number of benzene rings is 1. The zero-order valence-corrected chi connectivity index (χ0v) is 13.8. The van der Waals surface area contributed by atoms with Crippen LogP contribution in [0.5, 0.6) is 0 Å². The molecule has 0 radical (unpaired) electrons. The molecule has 1 aliphatic rings. The van der Waals surface area contributed by atoms with Crippen LogP contribution in [0.2, 0.25) is 0 Å². The molecule has 0 bridgehead atoms. The minimum Gasteiger partial charge on any atom is -0.464 e. The Kier molecular flexibility index (Phi) is 6.35. The Balaban J connectivity index is 2.17. The number of esters is 1. The van der Waals surface area contributed by atoms with Crippen LogP contribution in [0.25, 0.3) is 0 Å². The summed E-state index contributed by atoms with van der Waals surface area (Å²) in [4.78, 5) is 24.6. The molecule has 1 N–H and O–H groups in total. The number of thioether (sulfide) groups is 1. The SMILES string of the molecule is CCOC(=O)C1COCc2ccccc2C(=O)SCC(=S)N1. The molecule has 0 saturated carbocycles. The van der Waals surface area contributed by atoms with Gasteiger partial charge in [-0.25, -0.2) is 4.79 Å². The number of fused-ring (bicyclic) bond motifs is 1. The van der Waals surface area contributed by atoms with Crippen LogP contribution in [-0.2, 0) is 20.9 Å². The quantitative estimate of drug-likeness (QED) is 0.652. The van der Waals surface area contributed by atoms with Gasteiger partial charge in [-0.15, -0.1) is 0 Å². The predicted octanol–water partition coefficient (Wildman–Crippen LogP) is 1.94. The van der Waals surface area contributed by atoms with Crippen molar-refractivity contribution in [2.24, 2.45) is 0 Å². The molecule has 0 amide bonds. The van der Waals surface area contributed by atoms with Gasteiger partial charge < -0.3 is 14.8 Å². The van der Waals surface area contributed by atoms with Crippen molar-refractivity contribution in [3.8, 4) is 0 Å². The third-order valence-corrected chi connectivity index (χ3v) is 4.38. The number of rotatable bonds is 2. The van der Waals surface area contributed by atoms with E-state index in [-0.39, 0.29) is 18.3 Å². The van der Waals surface area contributed by atoms with Crippen LogP contribution in [-0.4, -0.2) is 41.1 Å². The molecule has 1 unspecified atom stereocenters. The molecule has 7 heteroatoms. The Bertz CT molecular complexity index is 576. The first kappa shape index (κ1) is 16.9. The number of carbonyl (C=O) groups is 2. The van der Waals surface area contributed by atoms with E-state index in [0.717, 1.165) is 17.3 Å². The van der Waals surface area contributed by atoms with Gasteiger partial charge in [-0.2, -0.15) is 0 Å². The molecule has 0 aliphatic carbocycles. The van der Waals surface area contributed by atoms with Crippen molar-refractivity contribution in [2.75, 3.05) is 19.0 Å². The Labute approximate surface area is 138 Å².